The summed E-state index contributed by atoms with van der Waals surface area (Å²) in [5.74, 6) is 0.945. The Morgan fingerprint density at radius 3 is 2.50 bits per heavy atom. The zero-order valence-electron chi connectivity index (χ0n) is 9.96. The van der Waals surface area contributed by atoms with Gasteiger partial charge in [-0.05, 0) is 31.8 Å². The van der Waals surface area contributed by atoms with Crippen molar-refractivity contribution in [2.24, 2.45) is 0 Å². The molecule has 16 heavy (non-hydrogen) atoms. The Morgan fingerprint density at radius 1 is 1.31 bits per heavy atom. The quantitative estimate of drug-likeness (QED) is 0.572. The Labute approximate surface area is 107 Å². The third-order valence-electron chi connectivity index (χ3n) is 1.82. The molecule has 86 valence electrons. The van der Waals surface area contributed by atoms with Gasteiger partial charge >= 0.3 is 0 Å². The average molecular weight is 297 g/mol. The standard InChI is InChI=1S/C13H17BrOSi/c1-5-12(14)10-11-8-6-7-9-13(11)15-16(2,3)4/h5-10H,1H2,2-4H3/b12-10-. The molecule has 0 saturated carbocycles. The number of hydrogen-bond donors (Lipinski definition) is 0. The molecule has 0 fully saturated rings. The molecule has 0 aliphatic rings. The predicted molar refractivity (Wildman–Crippen MR) is 77.5 cm³/mol. The maximum atomic E-state index is 6.02. The zero-order chi connectivity index (χ0) is 12.2. The van der Waals surface area contributed by atoms with Gasteiger partial charge in [0.1, 0.15) is 5.75 Å². The lowest BCUT2D eigenvalue weighted by Crippen LogP contribution is -2.29. The fourth-order valence-electron chi connectivity index (χ4n) is 1.23. The van der Waals surface area contributed by atoms with Gasteiger partial charge in [0, 0.05) is 10.0 Å². The minimum atomic E-state index is -1.56. The van der Waals surface area contributed by atoms with E-state index in [9.17, 15) is 0 Å². The molecule has 1 aromatic rings. The normalized spacial score (nSPS) is 12.4. The molecule has 0 aliphatic heterocycles. The number of allylic oxidation sites excluding steroid dienone is 2. The highest BCUT2D eigenvalue weighted by Crippen LogP contribution is 2.25. The van der Waals surface area contributed by atoms with Crippen molar-refractivity contribution in [3.63, 3.8) is 0 Å². The average Bonchev–Trinajstić information content (AvgIpc) is 2.18. The second-order valence-electron chi connectivity index (χ2n) is 4.49. The van der Waals surface area contributed by atoms with Gasteiger partial charge in [0.2, 0.25) is 8.32 Å². The molecule has 0 spiro atoms. The third-order valence-corrected chi connectivity index (χ3v) is 3.21. The van der Waals surface area contributed by atoms with Crippen LogP contribution in [0.1, 0.15) is 5.56 Å². The first-order chi connectivity index (χ1) is 7.42. The number of rotatable bonds is 4. The van der Waals surface area contributed by atoms with Crippen LogP contribution in [0.4, 0.5) is 0 Å². The van der Waals surface area contributed by atoms with Crippen molar-refractivity contribution in [3.05, 3.63) is 47.0 Å². The third kappa shape index (κ3) is 4.37. The Hall–Kier alpha value is -0.803. The van der Waals surface area contributed by atoms with Crippen LogP contribution in [0.15, 0.2) is 41.4 Å². The molecule has 1 nitrogen and oxygen atoms in total. The summed E-state index contributed by atoms with van der Waals surface area (Å²) in [5, 5.41) is 0. The van der Waals surface area contributed by atoms with Gasteiger partial charge < -0.3 is 4.43 Å². The molecule has 0 heterocycles. The Morgan fingerprint density at radius 2 is 1.94 bits per heavy atom. The van der Waals surface area contributed by atoms with E-state index >= 15 is 0 Å². The molecule has 0 aromatic heterocycles. The van der Waals surface area contributed by atoms with Gasteiger partial charge in [0.15, 0.2) is 0 Å². The first-order valence-electron chi connectivity index (χ1n) is 5.20. The van der Waals surface area contributed by atoms with Crippen LogP contribution in [0.3, 0.4) is 0 Å². The van der Waals surface area contributed by atoms with Crippen molar-refractivity contribution in [1.82, 2.24) is 0 Å². The molecule has 0 unspecified atom stereocenters. The lowest BCUT2D eigenvalue weighted by atomic mass is 10.2. The smallest absolute Gasteiger partial charge is 0.242 e. The van der Waals surface area contributed by atoms with Crippen molar-refractivity contribution in [2.75, 3.05) is 0 Å². The van der Waals surface area contributed by atoms with Crippen molar-refractivity contribution >= 4 is 30.3 Å². The number of benzene rings is 1. The van der Waals surface area contributed by atoms with Crippen molar-refractivity contribution < 1.29 is 4.43 Å². The van der Waals surface area contributed by atoms with Crippen LogP contribution in [-0.4, -0.2) is 8.32 Å². The molecule has 0 N–H and O–H groups in total. The van der Waals surface area contributed by atoms with Gasteiger partial charge in [-0.1, -0.05) is 46.8 Å². The lowest BCUT2D eigenvalue weighted by molar-refractivity contribution is 0.556. The highest BCUT2D eigenvalue weighted by atomic mass is 79.9. The molecule has 3 heteroatoms. The zero-order valence-corrected chi connectivity index (χ0v) is 12.5. The molecule has 0 amide bonds. The highest BCUT2D eigenvalue weighted by Gasteiger charge is 2.17. The summed E-state index contributed by atoms with van der Waals surface area (Å²) in [6.45, 7) is 10.2. The maximum Gasteiger partial charge on any atom is 0.242 e. The van der Waals surface area contributed by atoms with E-state index in [4.69, 9.17) is 4.43 Å². The van der Waals surface area contributed by atoms with Gasteiger partial charge in [0.25, 0.3) is 0 Å². The van der Waals surface area contributed by atoms with Gasteiger partial charge in [0.05, 0.1) is 0 Å². The SMILES string of the molecule is C=C/C(Br)=C/c1ccccc1O[Si](C)(C)C. The van der Waals surface area contributed by atoms with E-state index in [-0.39, 0.29) is 0 Å². The summed E-state index contributed by atoms with van der Waals surface area (Å²) < 4.78 is 6.97. The lowest BCUT2D eigenvalue weighted by Gasteiger charge is -2.20. The number of halogens is 1. The number of para-hydroxylation sites is 1. The Bertz CT molecular complexity index is 405. The van der Waals surface area contributed by atoms with E-state index in [1.807, 2.05) is 30.3 Å². The molecule has 0 aliphatic carbocycles. The van der Waals surface area contributed by atoms with Gasteiger partial charge in [-0.15, -0.1) is 0 Å². The van der Waals surface area contributed by atoms with E-state index in [0.717, 1.165) is 15.8 Å². The maximum absolute atomic E-state index is 6.02. The van der Waals surface area contributed by atoms with Crippen LogP contribution in [0.25, 0.3) is 6.08 Å². The van der Waals surface area contributed by atoms with E-state index in [1.54, 1.807) is 6.08 Å². The molecule has 0 radical (unpaired) electrons. The topological polar surface area (TPSA) is 9.23 Å². The van der Waals surface area contributed by atoms with Crippen molar-refractivity contribution in [3.8, 4) is 5.75 Å². The Balaban J connectivity index is 3.06. The highest BCUT2D eigenvalue weighted by molar-refractivity contribution is 9.12. The molecule has 0 bridgehead atoms. The summed E-state index contributed by atoms with van der Waals surface area (Å²) in [5.41, 5.74) is 1.08. The van der Waals surface area contributed by atoms with E-state index in [2.05, 4.69) is 42.1 Å². The number of hydrogen-bond acceptors (Lipinski definition) is 1. The van der Waals surface area contributed by atoms with Gasteiger partial charge in [-0.2, -0.15) is 0 Å². The molecular weight excluding hydrogens is 280 g/mol. The predicted octanol–water partition coefficient (Wildman–Crippen LogP) is 4.82. The second kappa shape index (κ2) is 5.50. The van der Waals surface area contributed by atoms with Crippen LogP contribution in [-0.2, 0) is 0 Å². The first kappa shape index (κ1) is 13.3. The summed E-state index contributed by atoms with van der Waals surface area (Å²) in [4.78, 5) is 0. The summed E-state index contributed by atoms with van der Waals surface area (Å²) in [6.07, 6.45) is 3.79. The molecule has 1 rings (SSSR count). The van der Waals surface area contributed by atoms with Gasteiger partial charge in [-0.25, -0.2) is 0 Å². The summed E-state index contributed by atoms with van der Waals surface area (Å²) in [6, 6.07) is 8.05. The largest absolute Gasteiger partial charge is 0.544 e. The van der Waals surface area contributed by atoms with Crippen LogP contribution < -0.4 is 4.43 Å². The van der Waals surface area contributed by atoms with Crippen molar-refractivity contribution in [2.45, 2.75) is 19.6 Å². The van der Waals surface area contributed by atoms with E-state index in [1.165, 1.54) is 0 Å². The van der Waals surface area contributed by atoms with Crippen LogP contribution in [0.5, 0.6) is 5.75 Å². The monoisotopic (exact) mass is 296 g/mol. The van der Waals surface area contributed by atoms with E-state index < -0.39 is 8.32 Å². The summed E-state index contributed by atoms with van der Waals surface area (Å²) in [7, 11) is -1.56. The minimum absolute atomic E-state index is 0.945. The van der Waals surface area contributed by atoms with Crippen LogP contribution in [0.2, 0.25) is 19.6 Å². The fraction of sp³-hybridized carbons (Fsp3) is 0.231. The fourth-order valence-corrected chi connectivity index (χ4v) is 2.32. The minimum Gasteiger partial charge on any atom is -0.544 e. The molecule has 0 atom stereocenters. The Kier molecular flexibility index (Phi) is 4.56. The van der Waals surface area contributed by atoms with Gasteiger partial charge in [-0.3, -0.25) is 0 Å². The summed E-state index contributed by atoms with van der Waals surface area (Å²) >= 11 is 3.43. The molecule has 0 saturated heterocycles. The molecular formula is C13H17BrOSi. The van der Waals surface area contributed by atoms with E-state index in [0.29, 0.717) is 0 Å². The second-order valence-corrected chi connectivity index (χ2v) is 9.83. The van der Waals surface area contributed by atoms with Crippen molar-refractivity contribution in [1.29, 1.82) is 0 Å². The van der Waals surface area contributed by atoms with Crippen LogP contribution in [0, 0.1) is 0 Å². The van der Waals surface area contributed by atoms with Crippen LogP contribution >= 0.6 is 15.9 Å². The molecule has 1 aromatic carbocycles. The first-order valence-corrected chi connectivity index (χ1v) is 9.40.